The summed E-state index contributed by atoms with van der Waals surface area (Å²) < 4.78 is 0. The average Bonchev–Trinajstić information content (AvgIpc) is 2.66. The van der Waals surface area contributed by atoms with Crippen LogP contribution in [0.5, 0.6) is 0 Å². The summed E-state index contributed by atoms with van der Waals surface area (Å²) in [7, 11) is 0. The van der Waals surface area contributed by atoms with Crippen molar-refractivity contribution in [2.45, 2.75) is 71.1 Å². The van der Waals surface area contributed by atoms with Crippen LogP contribution in [0, 0.1) is 11.8 Å². The number of carbonyl (C=O) groups excluding carboxylic acids is 3. The minimum absolute atomic E-state index is 0.00325. The number of carbonyl (C=O) groups is 4. The van der Waals surface area contributed by atoms with E-state index in [-0.39, 0.29) is 17.6 Å². The minimum atomic E-state index is -1.16. The molecule has 174 valence electrons. The number of amides is 3. The van der Waals surface area contributed by atoms with E-state index in [2.05, 4.69) is 28.6 Å². The highest BCUT2D eigenvalue weighted by Gasteiger charge is 2.32. The molecule has 0 bridgehead atoms. The summed E-state index contributed by atoms with van der Waals surface area (Å²) >= 11 is 4.11. The molecular formula is C19H37N5O5S. The topological polar surface area (TPSA) is 177 Å². The zero-order valence-electron chi connectivity index (χ0n) is 18.2. The maximum Gasteiger partial charge on any atom is 0.326 e. The van der Waals surface area contributed by atoms with Crippen LogP contribution in [0.1, 0.15) is 47.0 Å². The lowest BCUT2D eigenvalue weighted by molar-refractivity contribution is -0.143. The second-order valence-corrected chi connectivity index (χ2v) is 8.30. The first-order valence-corrected chi connectivity index (χ1v) is 10.8. The molecule has 30 heavy (non-hydrogen) atoms. The lowest BCUT2D eigenvalue weighted by Gasteiger charge is -2.27. The quantitative estimate of drug-likeness (QED) is 0.135. The molecule has 0 aliphatic rings. The maximum atomic E-state index is 12.6. The van der Waals surface area contributed by atoms with Gasteiger partial charge in [-0.3, -0.25) is 14.4 Å². The van der Waals surface area contributed by atoms with Crippen LogP contribution in [0.2, 0.25) is 0 Å². The van der Waals surface area contributed by atoms with Crippen molar-refractivity contribution in [2.24, 2.45) is 23.3 Å². The first kappa shape index (κ1) is 28.1. The number of thiol groups is 1. The summed E-state index contributed by atoms with van der Waals surface area (Å²) in [6.07, 6.45) is 1.88. The molecule has 4 atom stereocenters. The number of carboxylic acid groups (broad SMARTS) is 1. The smallest absolute Gasteiger partial charge is 0.326 e. The van der Waals surface area contributed by atoms with Gasteiger partial charge in [0.1, 0.15) is 18.1 Å². The lowest BCUT2D eigenvalue weighted by Crippen LogP contribution is -2.59. The van der Waals surface area contributed by atoms with E-state index in [4.69, 9.17) is 11.5 Å². The Morgan fingerprint density at radius 1 is 0.867 bits per heavy atom. The molecule has 0 fully saturated rings. The van der Waals surface area contributed by atoms with Crippen molar-refractivity contribution in [3.8, 4) is 0 Å². The molecule has 8 N–H and O–H groups in total. The number of carboxylic acids is 1. The number of unbranched alkanes of at least 4 members (excludes halogenated alkanes) is 1. The molecular weight excluding hydrogens is 410 g/mol. The van der Waals surface area contributed by atoms with Gasteiger partial charge in [-0.2, -0.15) is 12.6 Å². The highest BCUT2D eigenvalue weighted by molar-refractivity contribution is 7.80. The van der Waals surface area contributed by atoms with E-state index in [0.717, 1.165) is 6.42 Å². The predicted octanol–water partition coefficient (Wildman–Crippen LogP) is -0.776. The zero-order valence-corrected chi connectivity index (χ0v) is 19.1. The van der Waals surface area contributed by atoms with Crippen LogP contribution in [0.4, 0.5) is 0 Å². The molecule has 0 saturated heterocycles. The number of nitrogens with one attached hydrogen (secondary N) is 3. The van der Waals surface area contributed by atoms with Crippen molar-refractivity contribution in [3.05, 3.63) is 0 Å². The van der Waals surface area contributed by atoms with E-state index in [1.165, 1.54) is 0 Å². The van der Waals surface area contributed by atoms with E-state index in [1.807, 2.05) is 0 Å². The molecule has 0 aromatic rings. The molecule has 0 rings (SSSR count). The van der Waals surface area contributed by atoms with Crippen LogP contribution >= 0.6 is 12.6 Å². The van der Waals surface area contributed by atoms with Gasteiger partial charge in [0, 0.05) is 5.75 Å². The van der Waals surface area contributed by atoms with Gasteiger partial charge < -0.3 is 32.5 Å². The number of hydrogen-bond donors (Lipinski definition) is 7. The van der Waals surface area contributed by atoms with Crippen LogP contribution in [0.25, 0.3) is 0 Å². The molecule has 0 spiro atoms. The summed E-state index contributed by atoms with van der Waals surface area (Å²) in [4.78, 5) is 48.8. The van der Waals surface area contributed by atoms with Crippen LogP contribution < -0.4 is 27.4 Å². The van der Waals surface area contributed by atoms with Gasteiger partial charge in [-0.05, 0) is 31.2 Å². The van der Waals surface area contributed by atoms with Gasteiger partial charge in [0.2, 0.25) is 17.7 Å². The van der Waals surface area contributed by atoms with Crippen LogP contribution in [0.15, 0.2) is 0 Å². The van der Waals surface area contributed by atoms with Crippen molar-refractivity contribution in [2.75, 3.05) is 12.3 Å². The normalized spacial score (nSPS) is 15.2. The molecule has 4 unspecified atom stereocenters. The van der Waals surface area contributed by atoms with Gasteiger partial charge >= 0.3 is 5.97 Å². The Labute approximate surface area is 183 Å². The second-order valence-electron chi connectivity index (χ2n) is 7.93. The van der Waals surface area contributed by atoms with Gasteiger partial charge in [-0.1, -0.05) is 34.1 Å². The minimum Gasteiger partial charge on any atom is -0.480 e. The molecule has 0 aliphatic carbocycles. The molecule has 11 heteroatoms. The van der Waals surface area contributed by atoms with Crippen LogP contribution in [0.3, 0.4) is 0 Å². The average molecular weight is 448 g/mol. The molecule has 0 aromatic carbocycles. The molecule has 0 aromatic heterocycles. The first-order valence-electron chi connectivity index (χ1n) is 10.2. The summed E-state index contributed by atoms with van der Waals surface area (Å²) in [5.41, 5.74) is 11.3. The lowest BCUT2D eigenvalue weighted by atomic mass is 10.00. The highest BCUT2D eigenvalue weighted by Crippen LogP contribution is 2.07. The van der Waals surface area contributed by atoms with Crippen molar-refractivity contribution in [1.29, 1.82) is 0 Å². The predicted molar refractivity (Wildman–Crippen MR) is 118 cm³/mol. The fourth-order valence-corrected chi connectivity index (χ4v) is 2.92. The highest BCUT2D eigenvalue weighted by atomic mass is 32.1. The van der Waals surface area contributed by atoms with Gasteiger partial charge in [0.15, 0.2) is 0 Å². The monoisotopic (exact) mass is 447 g/mol. The fourth-order valence-electron chi connectivity index (χ4n) is 2.66. The van der Waals surface area contributed by atoms with Crippen molar-refractivity contribution in [1.82, 2.24) is 16.0 Å². The van der Waals surface area contributed by atoms with Gasteiger partial charge in [-0.15, -0.1) is 0 Å². The van der Waals surface area contributed by atoms with E-state index >= 15 is 0 Å². The third kappa shape index (κ3) is 9.77. The maximum absolute atomic E-state index is 12.6. The van der Waals surface area contributed by atoms with Gasteiger partial charge in [0.25, 0.3) is 0 Å². The Hall–Kier alpha value is -1.85. The van der Waals surface area contributed by atoms with E-state index < -0.39 is 47.9 Å². The van der Waals surface area contributed by atoms with Gasteiger partial charge in [0.05, 0.1) is 6.04 Å². The van der Waals surface area contributed by atoms with Crippen molar-refractivity contribution in [3.63, 3.8) is 0 Å². The number of nitrogens with two attached hydrogens (primary N) is 2. The molecule has 0 aliphatic heterocycles. The first-order chi connectivity index (χ1) is 14.0. The Morgan fingerprint density at radius 3 is 1.83 bits per heavy atom. The summed E-state index contributed by atoms with van der Waals surface area (Å²) in [5, 5.41) is 16.9. The summed E-state index contributed by atoms with van der Waals surface area (Å²) in [6.45, 7) is 7.29. The molecule has 3 amide bonds. The van der Waals surface area contributed by atoms with E-state index in [1.54, 1.807) is 27.7 Å². The number of rotatable bonds is 14. The summed E-state index contributed by atoms with van der Waals surface area (Å²) in [5.74, 6) is -3.50. The van der Waals surface area contributed by atoms with Crippen LogP contribution in [-0.2, 0) is 19.2 Å². The molecule has 0 saturated carbocycles. The Bertz CT molecular complexity index is 588. The van der Waals surface area contributed by atoms with Crippen molar-refractivity contribution < 1.29 is 24.3 Å². The Balaban J connectivity index is 5.07. The third-order valence-corrected chi connectivity index (χ3v) is 4.96. The molecule has 0 heterocycles. The Morgan fingerprint density at radius 2 is 1.40 bits per heavy atom. The second kappa shape index (κ2) is 14.2. The standard InChI is InChI=1S/C19H37N5O5S/c1-10(2)14(18(27)24-15(11(3)4)19(28)29)23-17(26)13(9-30)22-16(25)12(21)7-5-6-8-20/h10-15,30H,5-9,20-21H2,1-4H3,(H,22,25)(H,23,26)(H,24,27)(H,28,29). The van der Waals surface area contributed by atoms with Crippen LogP contribution in [-0.4, -0.2) is 65.3 Å². The Kier molecular flexibility index (Phi) is 13.3. The van der Waals surface area contributed by atoms with Gasteiger partial charge in [-0.25, -0.2) is 4.79 Å². The fraction of sp³-hybridized carbons (Fsp3) is 0.789. The number of hydrogen-bond acceptors (Lipinski definition) is 7. The van der Waals surface area contributed by atoms with Crippen molar-refractivity contribution >= 4 is 36.3 Å². The molecule has 10 nitrogen and oxygen atoms in total. The van der Waals surface area contributed by atoms with E-state index in [9.17, 15) is 24.3 Å². The number of aliphatic carboxylic acids is 1. The zero-order chi connectivity index (χ0) is 23.4. The van der Waals surface area contributed by atoms with E-state index in [0.29, 0.717) is 19.4 Å². The summed E-state index contributed by atoms with van der Waals surface area (Å²) in [6, 6.07) is -3.83. The largest absolute Gasteiger partial charge is 0.480 e. The molecule has 0 radical (unpaired) electrons. The third-order valence-electron chi connectivity index (χ3n) is 4.60. The SMILES string of the molecule is CC(C)C(NC(=O)C(NC(=O)C(CS)NC(=O)C(N)CCCCN)C(C)C)C(=O)O.